The summed E-state index contributed by atoms with van der Waals surface area (Å²) in [5.41, 5.74) is 1.08. The highest BCUT2D eigenvalue weighted by Gasteiger charge is 2.30. The Morgan fingerprint density at radius 2 is 1.76 bits per heavy atom. The molecule has 25 heavy (non-hydrogen) atoms. The Hall–Kier alpha value is -3.13. The fourth-order valence-electron chi connectivity index (χ4n) is 1.99. The molecular formula is C17H13F3N2O3. The Bertz CT molecular complexity index is 817. The molecule has 0 heterocycles. The van der Waals surface area contributed by atoms with Crippen molar-refractivity contribution >= 4 is 23.6 Å². The standard InChI is InChI=1S/C17H13F3N2O3/c18-17(19,20)13-6-3-5-12(10-13)16(24)21-14-7-2-1-4-11(14)8-9-15(23)22-25/h1-10,25H,(H,21,24)(H,22,23). The lowest BCUT2D eigenvalue weighted by Gasteiger charge is -2.11. The van der Waals surface area contributed by atoms with Gasteiger partial charge in [-0.1, -0.05) is 24.3 Å². The summed E-state index contributed by atoms with van der Waals surface area (Å²) in [6.45, 7) is 0. The van der Waals surface area contributed by atoms with Gasteiger partial charge in [0.25, 0.3) is 11.8 Å². The molecule has 3 N–H and O–H groups in total. The molecule has 130 valence electrons. The van der Waals surface area contributed by atoms with Crippen LogP contribution in [-0.4, -0.2) is 17.0 Å². The van der Waals surface area contributed by atoms with Gasteiger partial charge in [0.1, 0.15) is 0 Å². The van der Waals surface area contributed by atoms with Crippen molar-refractivity contribution in [2.45, 2.75) is 6.18 Å². The number of carbonyl (C=O) groups excluding carboxylic acids is 2. The third-order valence-corrected chi connectivity index (χ3v) is 3.19. The molecule has 0 aliphatic heterocycles. The van der Waals surface area contributed by atoms with Gasteiger partial charge in [-0.2, -0.15) is 13.2 Å². The number of hydrogen-bond acceptors (Lipinski definition) is 3. The van der Waals surface area contributed by atoms with Crippen LogP contribution in [0.15, 0.2) is 54.6 Å². The first-order valence-electron chi connectivity index (χ1n) is 7.01. The minimum absolute atomic E-state index is 0.151. The molecule has 0 radical (unpaired) electrons. The Morgan fingerprint density at radius 3 is 2.44 bits per heavy atom. The van der Waals surface area contributed by atoms with Crippen molar-refractivity contribution in [3.05, 3.63) is 71.3 Å². The Balaban J connectivity index is 2.24. The van der Waals surface area contributed by atoms with E-state index in [1.807, 2.05) is 0 Å². The van der Waals surface area contributed by atoms with Crippen molar-refractivity contribution in [3.63, 3.8) is 0 Å². The van der Waals surface area contributed by atoms with Gasteiger partial charge < -0.3 is 5.32 Å². The van der Waals surface area contributed by atoms with Gasteiger partial charge in [-0.25, -0.2) is 5.48 Å². The molecule has 0 saturated heterocycles. The molecule has 0 aliphatic carbocycles. The second-order valence-corrected chi connectivity index (χ2v) is 4.93. The number of halogens is 3. The van der Waals surface area contributed by atoms with Crippen LogP contribution < -0.4 is 10.8 Å². The van der Waals surface area contributed by atoms with Crippen molar-refractivity contribution < 1.29 is 28.0 Å². The van der Waals surface area contributed by atoms with Crippen LogP contribution in [0.2, 0.25) is 0 Å². The molecule has 2 amide bonds. The summed E-state index contributed by atoms with van der Waals surface area (Å²) >= 11 is 0. The van der Waals surface area contributed by atoms with Gasteiger partial charge in [-0.15, -0.1) is 0 Å². The Labute approximate surface area is 140 Å². The molecule has 0 spiro atoms. The maximum Gasteiger partial charge on any atom is 0.416 e. The van der Waals surface area contributed by atoms with Crippen LogP contribution in [0.5, 0.6) is 0 Å². The fraction of sp³-hybridized carbons (Fsp3) is 0.0588. The average molecular weight is 350 g/mol. The number of benzene rings is 2. The van der Waals surface area contributed by atoms with Crippen molar-refractivity contribution in [3.8, 4) is 0 Å². The summed E-state index contributed by atoms with van der Waals surface area (Å²) in [6, 6.07) is 10.4. The zero-order valence-corrected chi connectivity index (χ0v) is 12.7. The van der Waals surface area contributed by atoms with E-state index in [-0.39, 0.29) is 5.56 Å². The number of carbonyl (C=O) groups is 2. The topological polar surface area (TPSA) is 78.4 Å². The summed E-state index contributed by atoms with van der Waals surface area (Å²) in [7, 11) is 0. The van der Waals surface area contributed by atoms with E-state index in [2.05, 4.69) is 5.32 Å². The first kappa shape index (κ1) is 18.2. The molecule has 0 bridgehead atoms. The van der Waals surface area contributed by atoms with Crippen molar-refractivity contribution in [1.82, 2.24) is 5.48 Å². The second kappa shape index (κ2) is 7.63. The molecule has 0 aliphatic rings. The number of rotatable bonds is 4. The van der Waals surface area contributed by atoms with E-state index in [0.717, 1.165) is 24.3 Å². The van der Waals surface area contributed by atoms with Crippen LogP contribution in [0.3, 0.4) is 0 Å². The normalized spacial score (nSPS) is 11.4. The van der Waals surface area contributed by atoms with Gasteiger partial charge in [0, 0.05) is 17.3 Å². The number of amides is 2. The summed E-state index contributed by atoms with van der Waals surface area (Å²) in [5, 5.41) is 11.0. The van der Waals surface area contributed by atoms with E-state index in [0.29, 0.717) is 11.3 Å². The average Bonchev–Trinajstić information content (AvgIpc) is 2.60. The van der Waals surface area contributed by atoms with Crippen LogP contribution in [0.25, 0.3) is 6.08 Å². The number of alkyl halides is 3. The molecule has 0 aromatic heterocycles. The molecule has 2 aromatic rings. The zero-order chi connectivity index (χ0) is 18.4. The predicted octanol–water partition coefficient (Wildman–Crippen LogP) is 3.48. The monoisotopic (exact) mass is 350 g/mol. The van der Waals surface area contributed by atoms with Gasteiger partial charge in [0.15, 0.2) is 0 Å². The lowest BCUT2D eigenvalue weighted by Crippen LogP contribution is -2.15. The second-order valence-electron chi connectivity index (χ2n) is 4.93. The number of hydroxylamine groups is 1. The van der Waals surface area contributed by atoms with Gasteiger partial charge in [-0.3, -0.25) is 14.8 Å². The highest BCUT2D eigenvalue weighted by Crippen LogP contribution is 2.29. The van der Waals surface area contributed by atoms with E-state index in [1.54, 1.807) is 18.2 Å². The van der Waals surface area contributed by atoms with Crippen LogP contribution in [0.1, 0.15) is 21.5 Å². The van der Waals surface area contributed by atoms with Crippen molar-refractivity contribution in [2.24, 2.45) is 0 Å². The van der Waals surface area contributed by atoms with Gasteiger partial charge in [0.05, 0.1) is 5.56 Å². The predicted molar refractivity (Wildman–Crippen MR) is 84.8 cm³/mol. The number of para-hydroxylation sites is 1. The third kappa shape index (κ3) is 4.92. The molecular weight excluding hydrogens is 337 g/mol. The minimum atomic E-state index is -4.55. The maximum absolute atomic E-state index is 12.7. The van der Waals surface area contributed by atoms with E-state index >= 15 is 0 Å². The molecule has 2 aromatic carbocycles. The largest absolute Gasteiger partial charge is 0.416 e. The molecule has 0 unspecified atom stereocenters. The highest BCUT2D eigenvalue weighted by molar-refractivity contribution is 6.05. The number of hydrogen-bond donors (Lipinski definition) is 3. The summed E-state index contributed by atoms with van der Waals surface area (Å²) in [4.78, 5) is 23.2. The fourth-order valence-corrected chi connectivity index (χ4v) is 1.99. The molecule has 8 heteroatoms. The Kier molecular flexibility index (Phi) is 5.56. The van der Waals surface area contributed by atoms with E-state index < -0.39 is 23.6 Å². The van der Waals surface area contributed by atoms with Crippen LogP contribution in [-0.2, 0) is 11.0 Å². The highest BCUT2D eigenvalue weighted by atomic mass is 19.4. The van der Waals surface area contributed by atoms with Crippen LogP contribution in [0, 0.1) is 0 Å². The smallest absolute Gasteiger partial charge is 0.321 e. The summed E-state index contributed by atoms with van der Waals surface area (Å²) in [5.74, 6) is -1.49. The first-order valence-corrected chi connectivity index (χ1v) is 7.01. The van der Waals surface area contributed by atoms with Crippen LogP contribution >= 0.6 is 0 Å². The molecule has 5 nitrogen and oxygen atoms in total. The molecule has 0 atom stereocenters. The quantitative estimate of drug-likeness (QED) is 0.449. The van der Waals surface area contributed by atoms with Crippen molar-refractivity contribution in [2.75, 3.05) is 5.32 Å². The minimum Gasteiger partial charge on any atom is -0.321 e. The number of anilines is 1. The summed E-state index contributed by atoms with van der Waals surface area (Å²) < 4.78 is 38.2. The Morgan fingerprint density at radius 1 is 1.04 bits per heavy atom. The van der Waals surface area contributed by atoms with E-state index in [1.165, 1.54) is 23.7 Å². The van der Waals surface area contributed by atoms with E-state index in [4.69, 9.17) is 5.21 Å². The summed E-state index contributed by atoms with van der Waals surface area (Å²) in [6.07, 6.45) is -2.17. The lowest BCUT2D eigenvalue weighted by molar-refractivity contribution is -0.137. The zero-order valence-electron chi connectivity index (χ0n) is 12.7. The van der Waals surface area contributed by atoms with Gasteiger partial charge in [0.2, 0.25) is 0 Å². The van der Waals surface area contributed by atoms with E-state index in [9.17, 15) is 22.8 Å². The van der Waals surface area contributed by atoms with Crippen LogP contribution in [0.4, 0.5) is 18.9 Å². The lowest BCUT2D eigenvalue weighted by atomic mass is 10.1. The molecule has 0 fully saturated rings. The molecule has 2 rings (SSSR count). The molecule has 0 saturated carbocycles. The maximum atomic E-state index is 12.7. The first-order chi connectivity index (χ1) is 11.8. The number of nitrogens with one attached hydrogen (secondary N) is 2. The third-order valence-electron chi connectivity index (χ3n) is 3.19. The van der Waals surface area contributed by atoms with Crippen molar-refractivity contribution in [1.29, 1.82) is 0 Å². The van der Waals surface area contributed by atoms with Gasteiger partial charge in [-0.05, 0) is 35.9 Å². The van der Waals surface area contributed by atoms with Gasteiger partial charge >= 0.3 is 6.18 Å². The SMILES string of the molecule is O=C(C=Cc1ccccc1NC(=O)c1cccc(C(F)(F)F)c1)NO.